The van der Waals surface area contributed by atoms with E-state index >= 15 is 0 Å². The van der Waals surface area contributed by atoms with E-state index in [0.29, 0.717) is 11.9 Å². The molecule has 0 amide bonds. The number of hydrogen-bond donors (Lipinski definition) is 0. The van der Waals surface area contributed by atoms with Gasteiger partial charge in [0.1, 0.15) is 0 Å². The van der Waals surface area contributed by atoms with E-state index in [2.05, 4.69) is 257 Å². The van der Waals surface area contributed by atoms with Crippen LogP contribution >= 0.6 is 0 Å². The molecule has 0 bridgehead atoms. The molecule has 0 fully saturated rings. The highest BCUT2D eigenvalue weighted by molar-refractivity contribution is 6.96. The van der Waals surface area contributed by atoms with E-state index in [1.807, 2.05) is 24.8 Å². The molecule has 17 aromatic rings. The molecule has 0 aliphatic heterocycles. The number of fused-ring (bicyclic) bond motifs is 14. The third kappa shape index (κ3) is 6.86. The summed E-state index contributed by atoms with van der Waals surface area (Å²) in [7, 11) is 0. The van der Waals surface area contributed by atoms with Crippen molar-refractivity contribution in [3.05, 3.63) is 260 Å². The number of para-hydroxylation sites is 4. The van der Waals surface area contributed by atoms with Crippen LogP contribution in [0.1, 0.15) is 16.7 Å². The summed E-state index contributed by atoms with van der Waals surface area (Å²) >= 11 is 0. The third-order valence-electron chi connectivity index (χ3n) is 17.3. The molecule has 0 atom stereocenters. The van der Waals surface area contributed by atoms with Crippen molar-refractivity contribution < 1.29 is 0 Å². The van der Waals surface area contributed by atoms with Crippen LogP contribution in [0.5, 0.6) is 0 Å². The van der Waals surface area contributed by atoms with Gasteiger partial charge in [0.2, 0.25) is 18.6 Å². The molecule has 0 radical (unpaired) electrons. The minimum absolute atomic E-state index is 0.252. The molecule has 6 heterocycles. The first-order chi connectivity index (χ1) is 40.4. The lowest BCUT2D eigenvalue weighted by molar-refractivity contribution is 0.992. The summed E-state index contributed by atoms with van der Waals surface area (Å²) < 4.78 is 9.27. The lowest BCUT2D eigenvalue weighted by Gasteiger charge is -2.20. The summed E-state index contributed by atoms with van der Waals surface area (Å²) in [5, 5.41) is 14.2. The molecule has 0 saturated carbocycles. The summed E-state index contributed by atoms with van der Waals surface area (Å²) in [4.78, 5) is 21.2. The Balaban J connectivity index is 0.808. The Morgan fingerprint density at radius 1 is 0.280 bits per heavy atom. The molecule has 9 heteroatoms. The van der Waals surface area contributed by atoms with Crippen LogP contribution in [0.3, 0.4) is 0 Å². The summed E-state index contributed by atoms with van der Waals surface area (Å²) in [5.74, 6) is 1.21. The Labute approximate surface area is 471 Å². The van der Waals surface area contributed by atoms with Gasteiger partial charge in [-0.25, -0.2) is 19.9 Å². The second-order valence-corrected chi connectivity index (χ2v) is 22.1. The average Bonchev–Trinajstić information content (AvgIpc) is 2.44. The minimum Gasteiger partial charge on any atom is -0.309 e. The van der Waals surface area contributed by atoms with Gasteiger partial charge in [0.15, 0.2) is 0 Å². The van der Waals surface area contributed by atoms with Gasteiger partial charge in [-0.15, -0.1) is 0 Å². The van der Waals surface area contributed by atoms with Gasteiger partial charge < -0.3 is 9.13 Å². The van der Waals surface area contributed by atoms with Gasteiger partial charge in [-0.2, -0.15) is 0 Å². The molecule has 384 valence electrons. The molecular weight excluding hydrogens is 1000 g/mol. The monoisotopic (exact) mass is 1050 g/mol. The smallest absolute Gasteiger partial charge is 0.249 e. The van der Waals surface area contributed by atoms with Crippen LogP contribution in [0.15, 0.2) is 243 Å². The highest BCUT2D eigenvalue weighted by Crippen LogP contribution is 2.42. The van der Waals surface area contributed by atoms with Crippen LogP contribution in [0.25, 0.3) is 132 Å². The molecule has 0 saturated heterocycles. The van der Waals surface area contributed by atoms with Crippen molar-refractivity contribution in [2.45, 2.75) is 20.8 Å². The van der Waals surface area contributed by atoms with Crippen LogP contribution in [0.4, 0.5) is 0 Å². The summed E-state index contributed by atoms with van der Waals surface area (Å²) in [5.41, 5.74) is 17.7. The highest BCUT2D eigenvalue weighted by Gasteiger charge is 2.29. The highest BCUT2D eigenvalue weighted by atomic mass is 15.2. The van der Waals surface area contributed by atoms with Crippen molar-refractivity contribution in [2.24, 2.45) is 0 Å². The van der Waals surface area contributed by atoms with Gasteiger partial charge in [0, 0.05) is 79.3 Å². The maximum Gasteiger partial charge on any atom is 0.249 e. The second-order valence-electron chi connectivity index (χ2n) is 22.1. The summed E-state index contributed by atoms with van der Waals surface area (Å²) in [6, 6.07) is 79.3. The predicted molar refractivity (Wildman–Crippen MR) is 342 cm³/mol. The Morgan fingerprint density at radius 2 is 0.622 bits per heavy atom. The fourth-order valence-electron chi connectivity index (χ4n) is 13.8. The first-order valence-corrected chi connectivity index (χ1v) is 28.0. The van der Waals surface area contributed by atoms with Crippen molar-refractivity contribution in [1.29, 1.82) is 0 Å². The Kier molecular flexibility index (Phi) is 9.98. The predicted octanol–water partition coefficient (Wildman–Crippen LogP) is 15.4. The molecule has 8 nitrogen and oxygen atoms in total. The Morgan fingerprint density at radius 3 is 1.06 bits per heavy atom. The second kappa shape index (κ2) is 17.7. The van der Waals surface area contributed by atoms with E-state index in [9.17, 15) is 0 Å². The number of hydrogen-bond acceptors (Lipinski definition) is 4. The van der Waals surface area contributed by atoms with Crippen molar-refractivity contribution >= 4 is 132 Å². The normalized spacial score (nSPS) is 12.1. The molecule has 82 heavy (non-hydrogen) atoms. The Bertz CT molecular complexity index is 5490. The van der Waals surface area contributed by atoms with Crippen molar-refractivity contribution in [2.75, 3.05) is 0 Å². The quantitative estimate of drug-likeness (QED) is 0.149. The third-order valence-corrected chi connectivity index (χ3v) is 17.3. The zero-order valence-corrected chi connectivity index (χ0v) is 45.2. The molecule has 0 unspecified atom stereocenters. The number of aromatic nitrogens is 8. The first-order valence-electron chi connectivity index (χ1n) is 28.0. The van der Waals surface area contributed by atoms with Crippen LogP contribution in [-0.4, -0.2) is 44.9 Å². The number of rotatable bonds is 7. The first kappa shape index (κ1) is 46.3. The summed E-state index contributed by atoms with van der Waals surface area (Å²) in [6.07, 6.45) is 8.04. The van der Waals surface area contributed by atoms with Crippen LogP contribution in [0, 0.1) is 20.8 Å². The average molecular weight is 1050 g/mol. The van der Waals surface area contributed by atoms with E-state index in [4.69, 9.17) is 19.9 Å². The SMILES string of the molecule is Cc1cc(C)c(B(c2cnc(-n3c4ccccc4c4cc5c(cc43)c3ccccc3n5-c3ccc4ccccc4c3)nc2)c2cnc(-n3c4ccccc4c4cc5c6ccccc6n(-c6ccc7ccccc7c6)c5cc43)nc2)c(C)c1. The molecule has 17 rings (SSSR count). The Hall–Kier alpha value is -10.6. The van der Waals surface area contributed by atoms with Crippen LogP contribution in [-0.2, 0) is 0 Å². The van der Waals surface area contributed by atoms with E-state index in [1.54, 1.807) is 0 Å². The van der Waals surface area contributed by atoms with E-state index in [1.165, 1.54) is 65.2 Å². The van der Waals surface area contributed by atoms with Gasteiger partial charge in [0.05, 0.1) is 44.1 Å². The van der Waals surface area contributed by atoms with E-state index in [-0.39, 0.29) is 6.71 Å². The number of benzene rings is 11. The zero-order valence-electron chi connectivity index (χ0n) is 45.2. The van der Waals surface area contributed by atoms with Crippen molar-refractivity contribution in [3.8, 4) is 23.3 Å². The lowest BCUT2D eigenvalue weighted by atomic mass is 9.36. The molecule has 6 aromatic heterocycles. The topological polar surface area (TPSA) is 71.3 Å². The fraction of sp³-hybridized carbons (Fsp3) is 0.0411. The van der Waals surface area contributed by atoms with Gasteiger partial charge >= 0.3 is 0 Å². The number of nitrogens with zero attached hydrogens (tertiary/aromatic N) is 8. The largest absolute Gasteiger partial charge is 0.309 e. The van der Waals surface area contributed by atoms with Gasteiger partial charge in [-0.1, -0.05) is 168 Å². The standard InChI is InChI=1S/C73H49BN8/c1-44-32-45(2)71(46(3)33-44)74(51-40-75-72(76-41-51)81-66-27-15-11-23-58(66)62-37-67-61(38-68(62)81)57-22-9-13-25-64(57)79(67)53-30-28-47-16-4-6-18-49(47)34-53)52-42-77-73(78-43-52)82-65-26-14-10-21-56(65)60-36-59-55-20-8-12-24-63(55)80(69(59)39-70(60)82)54-31-29-48-17-5-7-19-50(48)35-54/h4-43H,1-3H3. The molecular formula is C73H49BN8. The molecule has 11 aromatic carbocycles. The fourth-order valence-corrected chi connectivity index (χ4v) is 13.8. The van der Waals surface area contributed by atoms with Gasteiger partial charge in [-0.3, -0.25) is 9.13 Å². The van der Waals surface area contributed by atoms with Gasteiger partial charge in [-0.05, 0) is 126 Å². The molecule has 0 aliphatic rings. The molecule has 0 spiro atoms. The van der Waals surface area contributed by atoms with Crippen molar-refractivity contribution in [3.63, 3.8) is 0 Å². The molecule has 0 aliphatic carbocycles. The number of aryl methyl sites for hydroxylation is 3. The van der Waals surface area contributed by atoms with Gasteiger partial charge in [0.25, 0.3) is 0 Å². The summed E-state index contributed by atoms with van der Waals surface area (Å²) in [6.45, 7) is 6.33. The maximum atomic E-state index is 5.31. The van der Waals surface area contributed by atoms with Crippen LogP contribution in [0.2, 0.25) is 0 Å². The van der Waals surface area contributed by atoms with E-state index < -0.39 is 0 Å². The van der Waals surface area contributed by atoms with Crippen LogP contribution < -0.4 is 16.4 Å². The maximum absolute atomic E-state index is 5.31. The van der Waals surface area contributed by atoms with E-state index in [0.717, 1.165) is 88.0 Å². The van der Waals surface area contributed by atoms with Crippen molar-refractivity contribution in [1.82, 2.24) is 38.2 Å². The minimum atomic E-state index is -0.252. The molecule has 0 N–H and O–H groups in total. The zero-order chi connectivity index (χ0) is 54.3. The lowest BCUT2D eigenvalue weighted by Crippen LogP contribution is -2.54.